The van der Waals surface area contributed by atoms with Gasteiger partial charge >= 0.3 is 11.8 Å². The van der Waals surface area contributed by atoms with Gasteiger partial charge in [-0.2, -0.15) is 0 Å². The summed E-state index contributed by atoms with van der Waals surface area (Å²) in [4.78, 5) is 40.5. The summed E-state index contributed by atoms with van der Waals surface area (Å²) in [6, 6.07) is 8.97. The van der Waals surface area contributed by atoms with Crippen LogP contribution in [-0.2, 0) is 16.9 Å². The van der Waals surface area contributed by atoms with Gasteiger partial charge in [-0.1, -0.05) is 42.1 Å². The minimum atomic E-state index is -0.654. The Hall–Kier alpha value is -3.34. The number of benzene rings is 1. The van der Waals surface area contributed by atoms with Gasteiger partial charge in [0.25, 0.3) is 10.8 Å². The fraction of sp³-hybridized carbons (Fsp3) is 0.381. The van der Waals surface area contributed by atoms with Crippen molar-refractivity contribution in [2.24, 2.45) is 0 Å². The van der Waals surface area contributed by atoms with E-state index in [1.165, 1.54) is 0 Å². The van der Waals surface area contributed by atoms with Gasteiger partial charge in [-0.3, -0.25) is 9.78 Å². The molecule has 0 aliphatic carbocycles. The smallest absolute Gasteiger partial charge is 0.408 e. The summed E-state index contributed by atoms with van der Waals surface area (Å²) >= 11 is 1.15. The number of aromatic amines is 2. The molecule has 11 heteroatoms. The fourth-order valence-corrected chi connectivity index (χ4v) is 3.71. The maximum Gasteiger partial charge on any atom is 0.408 e. The largest absolute Gasteiger partial charge is 0.444 e. The Morgan fingerprint density at radius 2 is 1.91 bits per heavy atom. The van der Waals surface area contributed by atoms with Gasteiger partial charge in [0, 0.05) is 23.4 Å². The first-order valence-corrected chi connectivity index (χ1v) is 10.9. The first-order chi connectivity index (χ1) is 15.1. The zero-order chi connectivity index (χ0) is 23.3. The molecule has 0 radical (unpaired) electrons. The molecule has 0 fully saturated rings. The van der Waals surface area contributed by atoms with Crippen molar-refractivity contribution in [3.8, 4) is 0 Å². The number of aromatic nitrogens is 4. The number of alkyl carbamates (subject to hydrolysis) is 1. The van der Waals surface area contributed by atoms with E-state index < -0.39 is 29.0 Å². The quantitative estimate of drug-likeness (QED) is 0.458. The number of hydrogen-bond acceptors (Lipinski definition) is 8. The number of nitrogens with one attached hydrogen (secondary N) is 3. The number of carbonyl (C=O) groups excluding carboxylic acids is 1. The molecule has 0 saturated carbocycles. The van der Waals surface area contributed by atoms with E-state index in [0.717, 1.165) is 17.3 Å². The van der Waals surface area contributed by atoms with Crippen LogP contribution in [0.2, 0.25) is 0 Å². The van der Waals surface area contributed by atoms with Gasteiger partial charge in [0.15, 0.2) is 0 Å². The van der Waals surface area contributed by atoms with Gasteiger partial charge in [0.05, 0.1) is 0 Å². The van der Waals surface area contributed by atoms with Crippen molar-refractivity contribution in [2.75, 3.05) is 0 Å². The standard InChI is InChI=1S/C21H25N5O5S/c1-12-14(16(27)24-18(28)22-12)11-32-20-26-25-17(30-20)15(10-13-8-6-5-7-9-13)23-19(29)31-21(2,3)4/h5-9,15H,10-11H2,1-4H3,(H,23,29)(H2,22,24,27,28)/t15-/m0/s1. The highest BCUT2D eigenvalue weighted by atomic mass is 32.2. The van der Waals surface area contributed by atoms with Crippen molar-refractivity contribution in [3.05, 3.63) is 73.9 Å². The average Bonchev–Trinajstić information content (AvgIpc) is 3.15. The van der Waals surface area contributed by atoms with Crippen molar-refractivity contribution in [1.29, 1.82) is 0 Å². The van der Waals surface area contributed by atoms with Crippen LogP contribution in [0.4, 0.5) is 4.79 Å². The summed E-state index contributed by atoms with van der Waals surface area (Å²) in [5.74, 6) is 0.442. The van der Waals surface area contributed by atoms with Crippen LogP contribution < -0.4 is 16.6 Å². The molecule has 1 aromatic carbocycles. The number of nitrogens with zero attached hydrogens (tertiary/aromatic N) is 2. The number of ether oxygens (including phenoxy) is 1. The molecule has 0 aliphatic heterocycles. The Kier molecular flexibility index (Phi) is 7.18. The van der Waals surface area contributed by atoms with Crippen molar-refractivity contribution < 1.29 is 13.9 Å². The zero-order valence-electron chi connectivity index (χ0n) is 18.2. The molecular weight excluding hydrogens is 434 g/mol. The Morgan fingerprint density at radius 1 is 1.19 bits per heavy atom. The zero-order valence-corrected chi connectivity index (χ0v) is 19.0. The van der Waals surface area contributed by atoms with E-state index >= 15 is 0 Å². The van der Waals surface area contributed by atoms with Crippen molar-refractivity contribution in [1.82, 2.24) is 25.5 Å². The number of rotatable bonds is 7. The lowest BCUT2D eigenvalue weighted by Crippen LogP contribution is -2.36. The fourth-order valence-electron chi connectivity index (χ4n) is 2.85. The van der Waals surface area contributed by atoms with Crippen molar-refractivity contribution in [2.45, 2.75) is 56.7 Å². The van der Waals surface area contributed by atoms with E-state index in [-0.39, 0.29) is 16.9 Å². The van der Waals surface area contributed by atoms with Crippen LogP contribution in [0.5, 0.6) is 0 Å². The molecule has 0 bridgehead atoms. The third kappa shape index (κ3) is 6.58. The van der Waals surface area contributed by atoms with Crippen molar-refractivity contribution in [3.63, 3.8) is 0 Å². The third-order valence-corrected chi connectivity index (χ3v) is 5.13. The highest BCUT2D eigenvalue weighted by Crippen LogP contribution is 2.25. The van der Waals surface area contributed by atoms with E-state index in [4.69, 9.17) is 9.15 Å². The van der Waals surface area contributed by atoms with E-state index in [0.29, 0.717) is 17.7 Å². The predicted molar refractivity (Wildman–Crippen MR) is 119 cm³/mol. The van der Waals surface area contributed by atoms with Crippen LogP contribution in [0.15, 0.2) is 49.6 Å². The van der Waals surface area contributed by atoms with E-state index in [1.807, 2.05) is 30.3 Å². The molecule has 2 aromatic heterocycles. The Labute approximate surface area is 188 Å². The second kappa shape index (κ2) is 9.86. The van der Waals surface area contributed by atoms with Crippen LogP contribution in [-0.4, -0.2) is 31.9 Å². The highest BCUT2D eigenvalue weighted by molar-refractivity contribution is 7.98. The van der Waals surface area contributed by atoms with Gasteiger partial charge < -0.3 is 19.5 Å². The molecule has 0 saturated heterocycles. The number of aryl methyl sites for hydroxylation is 1. The van der Waals surface area contributed by atoms with Gasteiger partial charge in [-0.25, -0.2) is 9.59 Å². The molecule has 1 atom stereocenters. The monoisotopic (exact) mass is 459 g/mol. The summed E-state index contributed by atoms with van der Waals surface area (Å²) in [7, 11) is 0. The Morgan fingerprint density at radius 3 is 2.56 bits per heavy atom. The maximum absolute atomic E-state index is 12.4. The molecular formula is C21H25N5O5S. The topological polar surface area (TPSA) is 143 Å². The molecule has 2 heterocycles. The Balaban J connectivity index is 1.76. The van der Waals surface area contributed by atoms with Gasteiger partial charge in [0.2, 0.25) is 5.89 Å². The van der Waals surface area contributed by atoms with Crippen molar-refractivity contribution >= 4 is 17.9 Å². The molecule has 10 nitrogen and oxygen atoms in total. The number of carbonyl (C=O) groups is 1. The van der Waals surface area contributed by atoms with E-state index in [9.17, 15) is 14.4 Å². The summed E-state index contributed by atoms with van der Waals surface area (Å²) in [6.07, 6.45) is -0.174. The number of amides is 1. The first kappa shape index (κ1) is 23.3. The molecule has 3 N–H and O–H groups in total. The van der Waals surface area contributed by atoms with Gasteiger partial charge in [0.1, 0.15) is 11.6 Å². The molecule has 32 heavy (non-hydrogen) atoms. The summed E-state index contributed by atoms with van der Waals surface area (Å²) in [5, 5.41) is 11.1. The van der Waals surface area contributed by atoms with E-state index in [1.54, 1.807) is 27.7 Å². The first-order valence-electron chi connectivity index (χ1n) is 9.92. The minimum absolute atomic E-state index is 0.217. The lowest BCUT2D eigenvalue weighted by atomic mass is 10.1. The van der Waals surface area contributed by atoms with Gasteiger partial charge in [-0.15, -0.1) is 10.2 Å². The van der Waals surface area contributed by atoms with Crippen LogP contribution in [0, 0.1) is 6.92 Å². The van der Waals surface area contributed by atoms with Gasteiger partial charge in [-0.05, 0) is 33.3 Å². The van der Waals surface area contributed by atoms with Crippen LogP contribution >= 0.6 is 11.8 Å². The summed E-state index contributed by atoms with van der Waals surface area (Å²) in [6.45, 7) is 6.98. The average molecular weight is 460 g/mol. The lowest BCUT2D eigenvalue weighted by Gasteiger charge is -2.22. The molecule has 0 aliphatic rings. The third-order valence-electron chi connectivity index (χ3n) is 4.29. The molecule has 3 aromatic rings. The number of hydrogen-bond donors (Lipinski definition) is 3. The van der Waals surface area contributed by atoms with Crippen LogP contribution in [0.1, 0.15) is 49.5 Å². The predicted octanol–water partition coefficient (Wildman–Crippen LogP) is 2.86. The molecule has 170 valence electrons. The second-order valence-corrected chi connectivity index (χ2v) is 9.02. The van der Waals surface area contributed by atoms with E-state index in [2.05, 4.69) is 25.5 Å². The lowest BCUT2D eigenvalue weighted by molar-refractivity contribution is 0.0494. The minimum Gasteiger partial charge on any atom is -0.444 e. The van der Waals surface area contributed by atoms with Crippen LogP contribution in [0.3, 0.4) is 0 Å². The molecule has 0 spiro atoms. The Bertz CT molecular complexity index is 1180. The van der Waals surface area contributed by atoms with Crippen LogP contribution in [0.25, 0.3) is 0 Å². The second-order valence-electron chi connectivity index (χ2n) is 8.10. The summed E-state index contributed by atoms with van der Waals surface area (Å²) in [5.41, 5.74) is 0.169. The molecule has 3 rings (SSSR count). The molecule has 0 unspecified atom stereocenters. The SMILES string of the molecule is Cc1[nH]c(=O)[nH]c(=O)c1CSc1nnc([C@H](Cc2ccccc2)NC(=O)OC(C)(C)C)o1. The maximum atomic E-state index is 12.4. The normalized spacial score (nSPS) is 12.4. The number of thioether (sulfide) groups is 1. The number of H-pyrrole nitrogens is 2. The highest BCUT2D eigenvalue weighted by Gasteiger charge is 2.25. The summed E-state index contributed by atoms with van der Waals surface area (Å²) < 4.78 is 11.1. The molecule has 1 amide bonds.